The minimum absolute atomic E-state index is 0.0698. The monoisotopic (exact) mass is 335 g/mol. The van der Waals surface area contributed by atoms with Crippen LogP contribution in [0.4, 0.5) is 5.69 Å². The summed E-state index contributed by atoms with van der Waals surface area (Å²) in [5.74, 6) is 0.133. The summed E-state index contributed by atoms with van der Waals surface area (Å²) < 4.78 is 6.16. The number of hydrogen-bond acceptors (Lipinski definition) is 3. The van der Waals surface area contributed by atoms with Crippen LogP contribution in [0, 0.1) is 0 Å². The second-order valence-electron chi connectivity index (χ2n) is 4.04. The van der Waals surface area contributed by atoms with Crippen LogP contribution >= 0.6 is 15.9 Å². The van der Waals surface area contributed by atoms with Crippen molar-refractivity contribution in [1.82, 2.24) is 0 Å². The molecule has 2 rings (SSSR count). The number of para-hydroxylation sites is 2. The SMILES string of the molecule is CCOc1ccccc1NC(=O)c1cc(Br)ccc1O. The van der Waals surface area contributed by atoms with Crippen molar-refractivity contribution < 1.29 is 14.6 Å². The van der Waals surface area contributed by atoms with Crippen LogP contribution in [0.3, 0.4) is 0 Å². The zero-order valence-electron chi connectivity index (χ0n) is 10.9. The summed E-state index contributed by atoms with van der Waals surface area (Å²) in [6.45, 7) is 2.38. The molecule has 4 nitrogen and oxygen atoms in total. The molecule has 104 valence electrons. The van der Waals surface area contributed by atoms with E-state index in [2.05, 4.69) is 21.2 Å². The number of amides is 1. The number of halogens is 1. The zero-order chi connectivity index (χ0) is 14.5. The minimum Gasteiger partial charge on any atom is -0.507 e. The molecule has 0 aliphatic heterocycles. The molecule has 0 fully saturated rings. The molecule has 5 heteroatoms. The average molecular weight is 336 g/mol. The van der Waals surface area contributed by atoms with E-state index in [4.69, 9.17) is 4.74 Å². The maximum absolute atomic E-state index is 12.2. The molecule has 0 radical (unpaired) electrons. The summed E-state index contributed by atoms with van der Waals surface area (Å²) in [5.41, 5.74) is 0.768. The van der Waals surface area contributed by atoms with Crippen molar-refractivity contribution >= 4 is 27.5 Å². The first-order chi connectivity index (χ1) is 9.61. The topological polar surface area (TPSA) is 58.6 Å². The van der Waals surface area contributed by atoms with Gasteiger partial charge in [0.1, 0.15) is 11.5 Å². The van der Waals surface area contributed by atoms with Gasteiger partial charge in [0.25, 0.3) is 5.91 Å². The molecule has 0 saturated heterocycles. The number of phenols is 1. The van der Waals surface area contributed by atoms with Crippen molar-refractivity contribution in [3.8, 4) is 11.5 Å². The van der Waals surface area contributed by atoms with Crippen LogP contribution in [-0.4, -0.2) is 17.6 Å². The highest BCUT2D eigenvalue weighted by molar-refractivity contribution is 9.10. The predicted octanol–water partition coefficient (Wildman–Crippen LogP) is 3.81. The van der Waals surface area contributed by atoms with Gasteiger partial charge in [-0.25, -0.2) is 0 Å². The summed E-state index contributed by atoms with van der Waals surface area (Å²) in [6, 6.07) is 11.9. The zero-order valence-corrected chi connectivity index (χ0v) is 12.5. The molecule has 0 heterocycles. The molecule has 0 aliphatic rings. The summed E-state index contributed by atoms with van der Waals surface area (Å²) in [4.78, 5) is 12.2. The third-order valence-corrected chi connectivity index (χ3v) is 3.13. The van der Waals surface area contributed by atoms with Crippen molar-refractivity contribution in [3.05, 3.63) is 52.5 Å². The van der Waals surface area contributed by atoms with Crippen molar-refractivity contribution in [2.75, 3.05) is 11.9 Å². The number of anilines is 1. The van der Waals surface area contributed by atoms with E-state index < -0.39 is 5.91 Å². The number of hydrogen-bond donors (Lipinski definition) is 2. The lowest BCUT2D eigenvalue weighted by Crippen LogP contribution is -2.13. The Balaban J connectivity index is 2.26. The first kappa shape index (κ1) is 14.4. The number of carbonyl (C=O) groups excluding carboxylic acids is 1. The highest BCUT2D eigenvalue weighted by Gasteiger charge is 2.13. The van der Waals surface area contributed by atoms with Crippen molar-refractivity contribution in [3.63, 3.8) is 0 Å². The van der Waals surface area contributed by atoms with Crippen molar-refractivity contribution in [1.29, 1.82) is 0 Å². The number of ether oxygens (including phenoxy) is 1. The summed E-state index contributed by atoms with van der Waals surface area (Å²) in [5, 5.41) is 12.5. The first-order valence-corrected chi connectivity index (χ1v) is 6.93. The average Bonchev–Trinajstić information content (AvgIpc) is 2.44. The largest absolute Gasteiger partial charge is 0.507 e. The number of nitrogens with one attached hydrogen (secondary N) is 1. The van der Waals surface area contributed by atoms with E-state index in [-0.39, 0.29) is 11.3 Å². The van der Waals surface area contributed by atoms with Gasteiger partial charge in [-0.15, -0.1) is 0 Å². The molecule has 1 amide bonds. The van der Waals surface area contributed by atoms with Crippen LogP contribution in [0.1, 0.15) is 17.3 Å². The molecule has 0 aromatic heterocycles. The van der Waals surface area contributed by atoms with Crippen LogP contribution in [-0.2, 0) is 0 Å². The van der Waals surface area contributed by atoms with Gasteiger partial charge in [-0.1, -0.05) is 28.1 Å². The fraction of sp³-hybridized carbons (Fsp3) is 0.133. The second-order valence-corrected chi connectivity index (χ2v) is 4.96. The lowest BCUT2D eigenvalue weighted by atomic mass is 10.2. The van der Waals surface area contributed by atoms with E-state index in [1.54, 1.807) is 30.3 Å². The smallest absolute Gasteiger partial charge is 0.259 e. The van der Waals surface area contributed by atoms with Crippen LogP contribution in [0.15, 0.2) is 46.9 Å². The van der Waals surface area contributed by atoms with Crippen LogP contribution in [0.25, 0.3) is 0 Å². The molecule has 2 aromatic rings. The lowest BCUT2D eigenvalue weighted by Gasteiger charge is -2.12. The van der Waals surface area contributed by atoms with Gasteiger partial charge in [0.2, 0.25) is 0 Å². The lowest BCUT2D eigenvalue weighted by molar-refractivity contribution is 0.102. The Kier molecular flexibility index (Phi) is 4.63. The first-order valence-electron chi connectivity index (χ1n) is 6.13. The number of rotatable bonds is 4. The van der Waals surface area contributed by atoms with E-state index in [1.807, 2.05) is 13.0 Å². The molecule has 0 spiro atoms. The fourth-order valence-electron chi connectivity index (χ4n) is 1.73. The molecule has 0 aliphatic carbocycles. The maximum Gasteiger partial charge on any atom is 0.259 e. The normalized spacial score (nSPS) is 10.1. The Hall–Kier alpha value is -2.01. The van der Waals surface area contributed by atoms with Gasteiger partial charge < -0.3 is 15.2 Å². The standard InChI is InChI=1S/C15H14BrNO3/c1-2-20-14-6-4-3-5-12(14)17-15(19)11-9-10(16)7-8-13(11)18/h3-9,18H,2H2,1H3,(H,17,19). The van der Waals surface area contributed by atoms with E-state index in [1.165, 1.54) is 6.07 Å². The predicted molar refractivity (Wildman–Crippen MR) is 81.4 cm³/mol. The van der Waals surface area contributed by atoms with Crippen molar-refractivity contribution in [2.24, 2.45) is 0 Å². The van der Waals surface area contributed by atoms with Gasteiger partial charge in [0, 0.05) is 4.47 Å². The Labute approximate surface area is 125 Å². The quantitative estimate of drug-likeness (QED) is 0.893. The molecule has 0 bridgehead atoms. The van der Waals surface area contributed by atoms with Crippen LogP contribution < -0.4 is 10.1 Å². The molecule has 0 saturated carbocycles. The van der Waals surface area contributed by atoms with E-state index in [0.29, 0.717) is 18.0 Å². The highest BCUT2D eigenvalue weighted by Crippen LogP contribution is 2.27. The molecule has 2 N–H and O–H groups in total. The fourth-order valence-corrected chi connectivity index (χ4v) is 2.09. The molecule has 0 atom stereocenters. The van der Waals surface area contributed by atoms with Gasteiger partial charge in [0.15, 0.2) is 0 Å². The Bertz CT molecular complexity index is 628. The third-order valence-electron chi connectivity index (χ3n) is 2.64. The molecular weight excluding hydrogens is 322 g/mol. The summed E-state index contributed by atoms with van der Waals surface area (Å²) >= 11 is 3.27. The van der Waals surface area contributed by atoms with E-state index >= 15 is 0 Å². The highest BCUT2D eigenvalue weighted by atomic mass is 79.9. The van der Waals surface area contributed by atoms with E-state index in [9.17, 15) is 9.90 Å². The molecule has 2 aromatic carbocycles. The van der Waals surface area contributed by atoms with Gasteiger partial charge in [-0.05, 0) is 37.3 Å². The number of phenolic OH excluding ortho intramolecular Hbond substituents is 1. The van der Waals surface area contributed by atoms with Gasteiger partial charge in [0.05, 0.1) is 17.9 Å². The minimum atomic E-state index is -0.393. The Morgan fingerprint density at radius 1 is 1.30 bits per heavy atom. The summed E-state index contributed by atoms with van der Waals surface area (Å²) in [7, 11) is 0. The Morgan fingerprint density at radius 2 is 2.05 bits per heavy atom. The van der Waals surface area contributed by atoms with E-state index in [0.717, 1.165) is 4.47 Å². The summed E-state index contributed by atoms with van der Waals surface area (Å²) in [6.07, 6.45) is 0. The van der Waals surface area contributed by atoms with Crippen molar-refractivity contribution in [2.45, 2.75) is 6.92 Å². The number of aromatic hydroxyl groups is 1. The Morgan fingerprint density at radius 3 is 2.80 bits per heavy atom. The van der Waals surface area contributed by atoms with Gasteiger partial charge in [-0.2, -0.15) is 0 Å². The number of carbonyl (C=O) groups is 1. The number of benzene rings is 2. The second kappa shape index (κ2) is 6.43. The van der Waals surface area contributed by atoms with Gasteiger partial charge in [-0.3, -0.25) is 4.79 Å². The van der Waals surface area contributed by atoms with Gasteiger partial charge >= 0.3 is 0 Å². The third kappa shape index (κ3) is 3.30. The molecule has 0 unspecified atom stereocenters. The maximum atomic E-state index is 12.2. The van der Waals surface area contributed by atoms with Crippen LogP contribution in [0.5, 0.6) is 11.5 Å². The van der Waals surface area contributed by atoms with Crippen LogP contribution in [0.2, 0.25) is 0 Å². The molecular formula is C15H14BrNO3. The molecule has 20 heavy (non-hydrogen) atoms.